The van der Waals surface area contributed by atoms with Crippen LogP contribution in [0.5, 0.6) is 0 Å². The monoisotopic (exact) mass is 226 g/mol. The molecule has 0 N–H and O–H groups in total. The van der Waals surface area contributed by atoms with Gasteiger partial charge in [0.05, 0.1) is 0 Å². The highest BCUT2D eigenvalue weighted by molar-refractivity contribution is 7.34. The van der Waals surface area contributed by atoms with Crippen LogP contribution in [0.25, 0.3) is 0 Å². The van der Waals surface area contributed by atoms with E-state index in [0.29, 0.717) is 0 Å². The first kappa shape index (κ1) is 13.7. The van der Waals surface area contributed by atoms with Crippen LogP contribution in [0.1, 0.15) is 51.9 Å². The van der Waals surface area contributed by atoms with Crippen LogP contribution in [0.3, 0.4) is 0 Å². The first-order valence-corrected chi connectivity index (χ1v) is 11.3. The topological polar surface area (TPSA) is 0 Å². The van der Waals surface area contributed by atoms with Gasteiger partial charge in [0.1, 0.15) is 0 Å². The molecular weight excluding hydrogens is 204 g/mol. The number of rotatable bonds is 9. The van der Waals surface area contributed by atoms with Crippen molar-refractivity contribution in [3.63, 3.8) is 0 Å². The van der Waals surface area contributed by atoms with Crippen molar-refractivity contribution in [1.29, 1.82) is 0 Å². The standard InChI is InChI=1S/C10H22Si3/c1-3-4-5-6-7-8-9-10-13(11)12-2/h3-10H2,1-2H3. The third kappa shape index (κ3) is 10.6. The fourth-order valence-electron chi connectivity index (χ4n) is 1.38. The van der Waals surface area contributed by atoms with Crippen LogP contribution < -0.4 is 0 Å². The van der Waals surface area contributed by atoms with Crippen molar-refractivity contribution in [2.24, 2.45) is 0 Å². The van der Waals surface area contributed by atoms with Gasteiger partial charge in [0.2, 0.25) is 0 Å². The summed E-state index contributed by atoms with van der Waals surface area (Å²) in [6.45, 7) is 4.60. The quantitative estimate of drug-likeness (QED) is 0.419. The van der Waals surface area contributed by atoms with Crippen LogP contribution in [0, 0.1) is 0 Å². The highest BCUT2D eigenvalue weighted by atomic mass is 29.5. The molecule has 0 bridgehead atoms. The molecule has 0 aliphatic heterocycles. The van der Waals surface area contributed by atoms with Gasteiger partial charge in [0.25, 0.3) is 0 Å². The van der Waals surface area contributed by atoms with Gasteiger partial charge in [0, 0.05) is 26.6 Å². The van der Waals surface area contributed by atoms with Crippen molar-refractivity contribution in [2.45, 2.75) is 64.5 Å². The smallest absolute Gasteiger partial charge is 0.0184 e. The molecule has 74 valence electrons. The van der Waals surface area contributed by atoms with Gasteiger partial charge in [-0.3, -0.25) is 0 Å². The maximum absolute atomic E-state index is 3.83. The molecule has 0 rings (SSSR count). The summed E-state index contributed by atoms with van der Waals surface area (Å²) in [4.78, 5) is 0. The van der Waals surface area contributed by atoms with Gasteiger partial charge in [-0.05, 0) is 0 Å². The second-order valence-electron chi connectivity index (χ2n) is 3.60. The molecule has 0 amide bonds. The Bertz CT molecular complexity index is 96.2. The van der Waals surface area contributed by atoms with E-state index in [1.807, 2.05) is 0 Å². The van der Waals surface area contributed by atoms with E-state index >= 15 is 0 Å². The molecule has 0 atom stereocenters. The minimum atomic E-state index is -0.0927. The summed E-state index contributed by atoms with van der Waals surface area (Å²) in [6.07, 6.45) is 10.1. The van der Waals surface area contributed by atoms with Crippen LogP contribution in [0.2, 0.25) is 12.6 Å². The van der Waals surface area contributed by atoms with Gasteiger partial charge in [-0.25, -0.2) is 0 Å². The third-order valence-electron chi connectivity index (χ3n) is 2.33. The van der Waals surface area contributed by atoms with Crippen molar-refractivity contribution in [3.8, 4) is 0 Å². The zero-order valence-electron chi connectivity index (χ0n) is 9.16. The summed E-state index contributed by atoms with van der Waals surface area (Å²) >= 11 is 0. The lowest BCUT2D eigenvalue weighted by Gasteiger charge is -2.04. The molecule has 0 aromatic heterocycles. The minimum absolute atomic E-state index is 0.0927. The Labute approximate surface area is 91.3 Å². The third-order valence-corrected chi connectivity index (χ3v) is 9.35. The Balaban J connectivity index is 2.91. The minimum Gasteiger partial charge on any atom is -0.0759 e. The summed E-state index contributed by atoms with van der Waals surface area (Å²) in [5, 5.41) is 0. The van der Waals surface area contributed by atoms with Crippen molar-refractivity contribution in [2.75, 3.05) is 0 Å². The van der Waals surface area contributed by atoms with E-state index in [1.165, 1.54) is 51.0 Å². The molecule has 6 radical (unpaired) electrons. The van der Waals surface area contributed by atoms with Crippen LogP contribution in [-0.4, -0.2) is 26.6 Å². The van der Waals surface area contributed by atoms with Crippen molar-refractivity contribution in [1.82, 2.24) is 0 Å². The van der Waals surface area contributed by atoms with Crippen LogP contribution in [0.4, 0.5) is 0 Å². The van der Waals surface area contributed by atoms with E-state index in [2.05, 4.69) is 23.2 Å². The average Bonchev–Trinajstić information content (AvgIpc) is 2.16. The van der Waals surface area contributed by atoms with Crippen molar-refractivity contribution in [3.05, 3.63) is 0 Å². The summed E-state index contributed by atoms with van der Waals surface area (Å²) in [5.41, 5.74) is 0. The van der Waals surface area contributed by atoms with E-state index in [0.717, 1.165) is 9.04 Å². The van der Waals surface area contributed by atoms with E-state index in [1.54, 1.807) is 0 Å². The first-order valence-electron chi connectivity index (χ1n) is 5.56. The number of hydrogen-bond acceptors (Lipinski definition) is 0. The Morgan fingerprint density at radius 1 is 1.00 bits per heavy atom. The molecule has 0 heterocycles. The lowest BCUT2D eigenvalue weighted by atomic mass is 10.1. The van der Waals surface area contributed by atoms with Crippen molar-refractivity contribution >= 4 is 26.6 Å². The maximum Gasteiger partial charge on any atom is 0.0184 e. The average molecular weight is 227 g/mol. The van der Waals surface area contributed by atoms with Gasteiger partial charge >= 0.3 is 0 Å². The molecule has 0 aliphatic rings. The molecule has 0 saturated heterocycles. The molecule has 0 nitrogen and oxygen atoms in total. The Hall–Kier alpha value is 0.651. The van der Waals surface area contributed by atoms with Gasteiger partial charge in [-0.2, -0.15) is 0 Å². The molecule has 3 heteroatoms. The van der Waals surface area contributed by atoms with Crippen LogP contribution >= 0.6 is 0 Å². The molecule has 0 saturated carbocycles. The normalized spacial score (nSPS) is 11.1. The van der Waals surface area contributed by atoms with Crippen molar-refractivity contribution < 1.29 is 0 Å². The summed E-state index contributed by atoms with van der Waals surface area (Å²) in [5.74, 6) is 0. The van der Waals surface area contributed by atoms with Crippen LogP contribution in [0.15, 0.2) is 0 Å². The Morgan fingerprint density at radius 3 is 2.08 bits per heavy atom. The maximum atomic E-state index is 3.83. The van der Waals surface area contributed by atoms with Gasteiger partial charge in [-0.1, -0.05) is 64.5 Å². The Morgan fingerprint density at radius 2 is 1.54 bits per heavy atom. The highest BCUT2D eigenvalue weighted by Gasteiger charge is 2.00. The summed E-state index contributed by atoms with van der Waals surface area (Å²) < 4.78 is 0. The van der Waals surface area contributed by atoms with Gasteiger partial charge in [0.15, 0.2) is 0 Å². The zero-order valence-corrected chi connectivity index (χ0v) is 12.2. The van der Waals surface area contributed by atoms with E-state index in [4.69, 9.17) is 0 Å². The van der Waals surface area contributed by atoms with Crippen LogP contribution in [-0.2, 0) is 0 Å². The number of hydrogen-bond donors (Lipinski definition) is 0. The number of unbranched alkanes of at least 4 members (excludes halogenated alkanes) is 6. The molecule has 0 aromatic carbocycles. The fourth-order valence-corrected chi connectivity index (χ4v) is 4.05. The predicted octanol–water partition coefficient (Wildman–Crippen LogP) is 3.15. The van der Waals surface area contributed by atoms with Gasteiger partial charge < -0.3 is 0 Å². The lowest BCUT2D eigenvalue weighted by Crippen LogP contribution is -2.19. The molecule has 13 heavy (non-hydrogen) atoms. The largest absolute Gasteiger partial charge is 0.0759 e. The fraction of sp³-hybridized carbons (Fsp3) is 1.00. The van der Waals surface area contributed by atoms with E-state index < -0.39 is 0 Å². The lowest BCUT2D eigenvalue weighted by molar-refractivity contribution is 0.601. The van der Waals surface area contributed by atoms with E-state index in [-0.39, 0.29) is 7.83 Å². The van der Waals surface area contributed by atoms with E-state index in [9.17, 15) is 0 Å². The predicted molar refractivity (Wildman–Crippen MR) is 65.9 cm³/mol. The molecule has 0 spiro atoms. The highest BCUT2D eigenvalue weighted by Crippen LogP contribution is 2.08. The SMILES string of the molecule is CCCCCCCCC[Si]([Si])[Si]C. The second kappa shape index (κ2) is 10.7. The Kier molecular flexibility index (Phi) is 11.3. The zero-order chi connectivity index (χ0) is 9.94. The second-order valence-corrected chi connectivity index (χ2v) is 12.2. The molecule has 0 unspecified atom stereocenters. The molecular formula is C10H22Si3. The molecule has 0 aliphatic carbocycles. The summed E-state index contributed by atoms with van der Waals surface area (Å²) in [6, 6.07) is 1.48. The van der Waals surface area contributed by atoms with Gasteiger partial charge in [-0.15, -0.1) is 0 Å². The molecule has 0 fully saturated rings. The summed E-state index contributed by atoms with van der Waals surface area (Å²) in [7, 11) is 4.90. The molecule has 0 aromatic rings. The first-order chi connectivity index (χ1) is 6.31.